The fraction of sp³-hybridized carbons (Fsp3) is 0.583. The van der Waals surface area contributed by atoms with Crippen LogP contribution in [0.1, 0.15) is 39.5 Å². The lowest BCUT2D eigenvalue weighted by Gasteiger charge is -2.01. The van der Waals surface area contributed by atoms with E-state index in [1.165, 1.54) is 0 Å². The molecule has 0 aliphatic rings. The van der Waals surface area contributed by atoms with E-state index in [1.807, 2.05) is 19.9 Å². The molecule has 0 unspecified atom stereocenters. The SMILES string of the molecule is C#CCCCCOC(=O)CC=C(C)C. The zero-order chi connectivity index (χ0) is 10.8. The number of rotatable bonds is 6. The van der Waals surface area contributed by atoms with E-state index in [2.05, 4.69) is 5.92 Å². The standard InChI is InChI=1S/C12H18O2/c1-4-5-6-7-10-14-12(13)9-8-11(2)3/h1,8H,5-7,9-10H2,2-3H3. The van der Waals surface area contributed by atoms with Crippen LogP contribution in [-0.4, -0.2) is 12.6 Å². The van der Waals surface area contributed by atoms with Gasteiger partial charge in [-0.3, -0.25) is 4.79 Å². The molecule has 0 saturated carbocycles. The maximum absolute atomic E-state index is 11.1. The number of ether oxygens (including phenoxy) is 1. The highest BCUT2D eigenvalue weighted by molar-refractivity contribution is 5.71. The second-order valence-corrected chi connectivity index (χ2v) is 3.37. The van der Waals surface area contributed by atoms with E-state index in [1.54, 1.807) is 0 Å². The average Bonchev–Trinajstić information content (AvgIpc) is 2.14. The summed E-state index contributed by atoms with van der Waals surface area (Å²) in [6.45, 7) is 4.40. The van der Waals surface area contributed by atoms with Crippen molar-refractivity contribution >= 4 is 5.97 Å². The average molecular weight is 194 g/mol. The molecule has 78 valence electrons. The zero-order valence-corrected chi connectivity index (χ0v) is 9.01. The molecule has 0 aromatic rings. The van der Waals surface area contributed by atoms with Crippen LogP contribution in [0.2, 0.25) is 0 Å². The van der Waals surface area contributed by atoms with Crippen LogP contribution in [-0.2, 0) is 9.53 Å². The molecular formula is C12H18O2. The Morgan fingerprint density at radius 3 is 2.71 bits per heavy atom. The molecule has 0 aliphatic heterocycles. The molecule has 0 amide bonds. The predicted octanol–water partition coefficient (Wildman–Crippen LogP) is 2.69. The van der Waals surface area contributed by atoms with Crippen LogP contribution >= 0.6 is 0 Å². The Hall–Kier alpha value is -1.23. The predicted molar refractivity (Wildman–Crippen MR) is 57.7 cm³/mol. The smallest absolute Gasteiger partial charge is 0.309 e. The number of carbonyl (C=O) groups excluding carboxylic acids is 1. The van der Waals surface area contributed by atoms with Gasteiger partial charge in [0.2, 0.25) is 0 Å². The first-order valence-electron chi connectivity index (χ1n) is 4.89. The fourth-order valence-electron chi connectivity index (χ4n) is 0.862. The van der Waals surface area contributed by atoms with Gasteiger partial charge in [-0.1, -0.05) is 11.6 Å². The Labute approximate surface area is 86.3 Å². The van der Waals surface area contributed by atoms with Gasteiger partial charge >= 0.3 is 5.97 Å². The van der Waals surface area contributed by atoms with Crippen LogP contribution in [0.5, 0.6) is 0 Å². The molecular weight excluding hydrogens is 176 g/mol. The number of terminal acetylenes is 1. The van der Waals surface area contributed by atoms with E-state index in [-0.39, 0.29) is 5.97 Å². The van der Waals surface area contributed by atoms with Crippen LogP contribution in [0.4, 0.5) is 0 Å². The van der Waals surface area contributed by atoms with Crippen molar-refractivity contribution < 1.29 is 9.53 Å². The normalized spacial score (nSPS) is 8.93. The Bertz CT molecular complexity index is 229. The molecule has 0 aliphatic carbocycles. The highest BCUT2D eigenvalue weighted by Crippen LogP contribution is 1.98. The third kappa shape index (κ3) is 8.86. The molecule has 0 radical (unpaired) electrons. The van der Waals surface area contributed by atoms with Crippen molar-refractivity contribution in [3.63, 3.8) is 0 Å². The van der Waals surface area contributed by atoms with Crippen LogP contribution in [0.15, 0.2) is 11.6 Å². The Balaban J connectivity index is 3.37. The van der Waals surface area contributed by atoms with Gasteiger partial charge < -0.3 is 4.74 Å². The van der Waals surface area contributed by atoms with E-state index in [9.17, 15) is 4.79 Å². The minimum absolute atomic E-state index is 0.160. The van der Waals surface area contributed by atoms with Gasteiger partial charge in [-0.15, -0.1) is 12.3 Å². The largest absolute Gasteiger partial charge is 0.465 e. The zero-order valence-electron chi connectivity index (χ0n) is 9.01. The van der Waals surface area contributed by atoms with E-state index >= 15 is 0 Å². The molecule has 0 aromatic heterocycles. The molecule has 0 rings (SSSR count). The monoisotopic (exact) mass is 194 g/mol. The summed E-state index contributed by atoms with van der Waals surface area (Å²) in [5.74, 6) is 2.39. The van der Waals surface area contributed by atoms with Gasteiger partial charge in [-0.25, -0.2) is 0 Å². The second-order valence-electron chi connectivity index (χ2n) is 3.37. The van der Waals surface area contributed by atoms with Crippen molar-refractivity contribution in [1.82, 2.24) is 0 Å². The molecule has 0 atom stereocenters. The van der Waals surface area contributed by atoms with Gasteiger partial charge in [0, 0.05) is 6.42 Å². The first kappa shape index (κ1) is 12.8. The molecule has 0 bridgehead atoms. The number of esters is 1. The lowest BCUT2D eigenvalue weighted by molar-refractivity contribution is -0.142. The quantitative estimate of drug-likeness (QED) is 0.281. The minimum Gasteiger partial charge on any atom is -0.465 e. The van der Waals surface area contributed by atoms with Gasteiger partial charge in [-0.05, 0) is 26.7 Å². The number of carbonyl (C=O) groups is 1. The molecule has 0 aromatic carbocycles. The van der Waals surface area contributed by atoms with Crippen molar-refractivity contribution in [1.29, 1.82) is 0 Å². The van der Waals surface area contributed by atoms with Gasteiger partial charge in [0.25, 0.3) is 0 Å². The van der Waals surface area contributed by atoms with Crippen molar-refractivity contribution in [3.8, 4) is 12.3 Å². The first-order chi connectivity index (χ1) is 6.66. The number of hydrogen-bond acceptors (Lipinski definition) is 2. The van der Waals surface area contributed by atoms with Crippen molar-refractivity contribution in [2.75, 3.05) is 6.61 Å². The van der Waals surface area contributed by atoms with Crippen LogP contribution in [0, 0.1) is 12.3 Å². The second kappa shape index (κ2) is 8.37. The maximum atomic E-state index is 11.1. The number of unbranched alkanes of at least 4 members (excludes halogenated alkanes) is 2. The summed E-state index contributed by atoms with van der Waals surface area (Å²) in [5.41, 5.74) is 1.13. The van der Waals surface area contributed by atoms with E-state index in [0.29, 0.717) is 13.0 Å². The summed E-state index contributed by atoms with van der Waals surface area (Å²) in [6.07, 6.45) is 9.85. The first-order valence-corrected chi connectivity index (χ1v) is 4.89. The molecule has 2 nitrogen and oxygen atoms in total. The molecule has 0 N–H and O–H groups in total. The van der Waals surface area contributed by atoms with Crippen LogP contribution in [0.25, 0.3) is 0 Å². The minimum atomic E-state index is -0.160. The summed E-state index contributed by atoms with van der Waals surface area (Å²) in [6, 6.07) is 0. The summed E-state index contributed by atoms with van der Waals surface area (Å²) < 4.78 is 4.99. The summed E-state index contributed by atoms with van der Waals surface area (Å²) in [7, 11) is 0. The molecule has 14 heavy (non-hydrogen) atoms. The van der Waals surface area contributed by atoms with Crippen molar-refractivity contribution in [2.45, 2.75) is 39.5 Å². The Morgan fingerprint density at radius 1 is 1.43 bits per heavy atom. The third-order valence-corrected chi connectivity index (χ3v) is 1.66. The Morgan fingerprint density at radius 2 is 2.14 bits per heavy atom. The highest BCUT2D eigenvalue weighted by Gasteiger charge is 1.98. The van der Waals surface area contributed by atoms with Gasteiger partial charge in [-0.2, -0.15) is 0 Å². The number of allylic oxidation sites excluding steroid dienone is 1. The van der Waals surface area contributed by atoms with Crippen LogP contribution < -0.4 is 0 Å². The van der Waals surface area contributed by atoms with Gasteiger partial charge in [0.1, 0.15) is 0 Å². The van der Waals surface area contributed by atoms with Crippen LogP contribution in [0.3, 0.4) is 0 Å². The molecule has 0 saturated heterocycles. The Kier molecular flexibility index (Phi) is 7.64. The van der Waals surface area contributed by atoms with Crippen molar-refractivity contribution in [2.24, 2.45) is 0 Å². The summed E-state index contributed by atoms with van der Waals surface area (Å²) in [4.78, 5) is 11.1. The lowest BCUT2D eigenvalue weighted by atomic mass is 10.2. The van der Waals surface area contributed by atoms with Gasteiger partial charge in [0.05, 0.1) is 13.0 Å². The molecule has 0 spiro atoms. The van der Waals surface area contributed by atoms with E-state index < -0.39 is 0 Å². The number of hydrogen-bond donors (Lipinski definition) is 0. The highest BCUT2D eigenvalue weighted by atomic mass is 16.5. The molecule has 2 heteroatoms. The molecule has 0 fully saturated rings. The maximum Gasteiger partial charge on any atom is 0.309 e. The van der Waals surface area contributed by atoms with Crippen molar-refractivity contribution in [3.05, 3.63) is 11.6 Å². The van der Waals surface area contributed by atoms with Gasteiger partial charge in [0.15, 0.2) is 0 Å². The topological polar surface area (TPSA) is 26.3 Å². The summed E-state index contributed by atoms with van der Waals surface area (Å²) >= 11 is 0. The fourth-order valence-corrected chi connectivity index (χ4v) is 0.862. The van der Waals surface area contributed by atoms with E-state index in [4.69, 9.17) is 11.2 Å². The van der Waals surface area contributed by atoms with E-state index in [0.717, 1.165) is 24.8 Å². The molecule has 0 heterocycles. The lowest BCUT2D eigenvalue weighted by Crippen LogP contribution is -2.04. The summed E-state index contributed by atoms with van der Waals surface area (Å²) in [5, 5.41) is 0. The third-order valence-electron chi connectivity index (χ3n) is 1.66.